The van der Waals surface area contributed by atoms with Gasteiger partial charge >= 0.3 is 0 Å². The highest BCUT2D eigenvalue weighted by atomic mass is 19.1. The first kappa shape index (κ1) is 12.5. The highest BCUT2D eigenvalue weighted by molar-refractivity contribution is 5.29. The summed E-state index contributed by atoms with van der Waals surface area (Å²) in [6.45, 7) is 5.71. The summed E-state index contributed by atoms with van der Waals surface area (Å²) >= 11 is 0. The van der Waals surface area contributed by atoms with Gasteiger partial charge < -0.3 is 9.84 Å². The number of aliphatic hydroxyl groups is 1. The van der Waals surface area contributed by atoms with Crippen LogP contribution in [0.15, 0.2) is 18.2 Å². The molecule has 1 aromatic carbocycles. The van der Waals surface area contributed by atoms with E-state index in [4.69, 9.17) is 4.74 Å². The van der Waals surface area contributed by atoms with Crippen molar-refractivity contribution in [2.45, 2.75) is 51.4 Å². The summed E-state index contributed by atoms with van der Waals surface area (Å²) in [7, 11) is 0. The van der Waals surface area contributed by atoms with E-state index in [0.717, 1.165) is 5.56 Å². The Morgan fingerprint density at radius 3 is 2.35 bits per heavy atom. The summed E-state index contributed by atoms with van der Waals surface area (Å²) < 4.78 is 19.0. The van der Waals surface area contributed by atoms with Crippen molar-refractivity contribution in [3.63, 3.8) is 0 Å². The van der Waals surface area contributed by atoms with Crippen molar-refractivity contribution < 1.29 is 14.2 Å². The van der Waals surface area contributed by atoms with Crippen molar-refractivity contribution in [3.8, 4) is 0 Å². The zero-order valence-corrected chi connectivity index (χ0v) is 10.5. The Morgan fingerprint density at radius 1 is 1.24 bits per heavy atom. The molecule has 1 saturated heterocycles. The SMILES string of the molecule is Cc1cc(F)cc(C2(O)CC(C)OC(C)C2)c1. The zero-order valence-electron chi connectivity index (χ0n) is 10.5. The number of rotatable bonds is 1. The van der Waals surface area contributed by atoms with Gasteiger partial charge in [-0.2, -0.15) is 0 Å². The second-order valence-electron chi connectivity index (χ2n) is 5.21. The molecule has 3 heteroatoms. The van der Waals surface area contributed by atoms with Gasteiger partial charge in [-0.05, 0) is 44.0 Å². The van der Waals surface area contributed by atoms with Crippen LogP contribution in [0.3, 0.4) is 0 Å². The molecule has 0 radical (unpaired) electrons. The van der Waals surface area contributed by atoms with Crippen LogP contribution in [0.25, 0.3) is 0 Å². The molecule has 0 aliphatic carbocycles. The van der Waals surface area contributed by atoms with Gasteiger partial charge in [-0.15, -0.1) is 0 Å². The van der Waals surface area contributed by atoms with E-state index in [2.05, 4.69) is 0 Å². The van der Waals surface area contributed by atoms with E-state index < -0.39 is 5.60 Å². The highest BCUT2D eigenvalue weighted by Crippen LogP contribution is 2.37. The third-order valence-corrected chi connectivity index (χ3v) is 3.29. The lowest BCUT2D eigenvalue weighted by Gasteiger charge is -2.39. The number of benzene rings is 1. The summed E-state index contributed by atoms with van der Waals surface area (Å²) in [5, 5.41) is 10.7. The van der Waals surface area contributed by atoms with Crippen molar-refractivity contribution in [2.24, 2.45) is 0 Å². The number of hydrogen-bond donors (Lipinski definition) is 1. The molecule has 2 atom stereocenters. The molecule has 0 spiro atoms. The first-order chi connectivity index (χ1) is 7.89. The first-order valence-electron chi connectivity index (χ1n) is 6.04. The fraction of sp³-hybridized carbons (Fsp3) is 0.571. The van der Waals surface area contributed by atoms with Crippen LogP contribution in [-0.2, 0) is 10.3 Å². The molecule has 1 aliphatic rings. The molecule has 2 nitrogen and oxygen atoms in total. The molecule has 1 aromatic rings. The van der Waals surface area contributed by atoms with Crippen LogP contribution in [0.4, 0.5) is 4.39 Å². The summed E-state index contributed by atoms with van der Waals surface area (Å²) in [5.74, 6) is -0.291. The maximum atomic E-state index is 13.4. The van der Waals surface area contributed by atoms with Gasteiger partial charge in [0, 0.05) is 12.8 Å². The van der Waals surface area contributed by atoms with Crippen molar-refractivity contribution in [2.75, 3.05) is 0 Å². The number of aryl methyl sites for hydroxylation is 1. The van der Waals surface area contributed by atoms with Gasteiger partial charge in [-0.25, -0.2) is 4.39 Å². The molecular formula is C14H19FO2. The van der Waals surface area contributed by atoms with Gasteiger partial charge in [0.15, 0.2) is 0 Å². The fourth-order valence-corrected chi connectivity index (χ4v) is 2.77. The van der Waals surface area contributed by atoms with E-state index in [0.29, 0.717) is 18.4 Å². The monoisotopic (exact) mass is 238 g/mol. The van der Waals surface area contributed by atoms with Crippen LogP contribution in [0.2, 0.25) is 0 Å². The van der Waals surface area contributed by atoms with Crippen molar-refractivity contribution in [3.05, 3.63) is 35.1 Å². The topological polar surface area (TPSA) is 29.5 Å². The van der Waals surface area contributed by atoms with E-state index in [-0.39, 0.29) is 18.0 Å². The minimum Gasteiger partial charge on any atom is -0.385 e. The first-order valence-corrected chi connectivity index (χ1v) is 6.04. The molecular weight excluding hydrogens is 219 g/mol. The molecule has 94 valence electrons. The van der Waals surface area contributed by atoms with Gasteiger partial charge in [0.05, 0.1) is 17.8 Å². The normalized spacial score (nSPS) is 33.7. The smallest absolute Gasteiger partial charge is 0.123 e. The third-order valence-electron chi connectivity index (χ3n) is 3.29. The number of ether oxygens (including phenoxy) is 1. The Bertz CT molecular complexity index is 386. The standard InChI is InChI=1S/C14H19FO2/c1-9-4-12(6-13(15)5-9)14(16)7-10(2)17-11(3)8-14/h4-6,10-11,16H,7-8H2,1-3H3. The molecule has 2 unspecified atom stereocenters. The van der Waals surface area contributed by atoms with E-state index >= 15 is 0 Å². The van der Waals surface area contributed by atoms with Crippen LogP contribution in [0.1, 0.15) is 37.8 Å². The van der Waals surface area contributed by atoms with Gasteiger partial charge in [-0.3, -0.25) is 0 Å². The van der Waals surface area contributed by atoms with Crippen molar-refractivity contribution >= 4 is 0 Å². The molecule has 1 aliphatic heterocycles. The van der Waals surface area contributed by atoms with Gasteiger partial charge in [-0.1, -0.05) is 6.07 Å². The van der Waals surface area contributed by atoms with Crippen LogP contribution >= 0.6 is 0 Å². The molecule has 1 heterocycles. The Kier molecular flexibility index (Phi) is 3.23. The maximum absolute atomic E-state index is 13.4. The molecule has 17 heavy (non-hydrogen) atoms. The Morgan fingerprint density at radius 2 is 1.82 bits per heavy atom. The third kappa shape index (κ3) is 2.67. The second kappa shape index (κ2) is 4.39. The fourth-order valence-electron chi connectivity index (χ4n) is 2.77. The summed E-state index contributed by atoms with van der Waals surface area (Å²) in [5.41, 5.74) is 0.529. The van der Waals surface area contributed by atoms with Crippen LogP contribution in [0, 0.1) is 12.7 Å². The molecule has 2 rings (SSSR count). The highest BCUT2D eigenvalue weighted by Gasteiger charge is 2.38. The summed E-state index contributed by atoms with van der Waals surface area (Å²) in [6, 6.07) is 4.75. The van der Waals surface area contributed by atoms with E-state index in [9.17, 15) is 9.50 Å². The van der Waals surface area contributed by atoms with Gasteiger partial charge in [0.25, 0.3) is 0 Å². The maximum Gasteiger partial charge on any atom is 0.123 e. The number of halogens is 1. The molecule has 1 fully saturated rings. The average Bonchev–Trinajstić information content (AvgIpc) is 2.13. The molecule has 0 amide bonds. The van der Waals surface area contributed by atoms with Gasteiger partial charge in [0.2, 0.25) is 0 Å². The predicted molar refractivity (Wildman–Crippen MR) is 64.3 cm³/mol. The molecule has 0 bridgehead atoms. The van der Waals surface area contributed by atoms with Crippen LogP contribution in [0.5, 0.6) is 0 Å². The lowest BCUT2D eigenvalue weighted by atomic mass is 9.81. The number of hydrogen-bond acceptors (Lipinski definition) is 2. The molecule has 0 aromatic heterocycles. The van der Waals surface area contributed by atoms with E-state index in [1.165, 1.54) is 12.1 Å². The van der Waals surface area contributed by atoms with E-state index in [1.54, 1.807) is 0 Å². The quantitative estimate of drug-likeness (QED) is 0.815. The second-order valence-corrected chi connectivity index (χ2v) is 5.21. The Hall–Kier alpha value is -0.930. The Labute approximate surface area is 101 Å². The lowest BCUT2D eigenvalue weighted by Crippen LogP contribution is -2.41. The summed E-state index contributed by atoms with van der Waals surface area (Å²) in [4.78, 5) is 0. The van der Waals surface area contributed by atoms with E-state index in [1.807, 2.05) is 26.8 Å². The minimum atomic E-state index is -0.968. The van der Waals surface area contributed by atoms with Gasteiger partial charge in [0.1, 0.15) is 5.82 Å². The molecule has 1 N–H and O–H groups in total. The zero-order chi connectivity index (χ0) is 12.6. The van der Waals surface area contributed by atoms with Crippen molar-refractivity contribution in [1.29, 1.82) is 0 Å². The summed E-state index contributed by atoms with van der Waals surface area (Å²) in [6.07, 6.45) is 1.01. The van der Waals surface area contributed by atoms with Crippen LogP contribution in [-0.4, -0.2) is 17.3 Å². The lowest BCUT2D eigenvalue weighted by molar-refractivity contribution is -0.135. The largest absolute Gasteiger partial charge is 0.385 e. The Balaban J connectivity index is 2.36. The molecule has 0 saturated carbocycles. The average molecular weight is 238 g/mol. The van der Waals surface area contributed by atoms with Crippen molar-refractivity contribution in [1.82, 2.24) is 0 Å². The predicted octanol–water partition coefficient (Wildman–Crippen LogP) is 2.91. The minimum absolute atomic E-state index is 0.00711. The van der Waals surface area contributed by atoms with Crippen LogP contribution < -0.4 is 0 Å².